The second-order valence-corrected chi connectivity index (χ2v) is 6.21. The molecule has 0 amide bonds. The zero-order chi connectivity index (χ0) is 14.8. The van der Waals surface area contributed by atoms with Gasteiger partial charge in [-0.3, -0.25) is 9.59 Å². The summed E-state index contributed by atoms with van der Waals surface area (Å²) in [5, 5.41) is 0. The average Bonchev–Trinajstić information content (AvgIpc) is 3.36. The lowest BCUT2D eigenvalue weighted by molar-refractivity contribution is -0.165. The predicted octanol–water partition coefficient (Wildman–Crippen LogP) is 0.923. The molecule has 6 heteroatoms. The van der Waals surface area contributed by atoms with E-state index in [1.165, 1.54) is 0 Å². The minimum Gasteiger partial charge on any atom is -0.463 e. The Balaban J connectivity index is 1.57. The van der Waals surface area contributed by atoms with Crippen LogP contribution in [0.3, 0.4) is 0 Å². The summed E-state index contributed by atoms with van der Waals surface area (Å²) in [6.45, 7) is 3.89. The summed E-state index contributed by atoms with van der Waals surface area (Å²) in [5.74, 6) is -1.23. The zero-order valence-electron chi connectivity index (χ0n) is 12.3. The average molecular weight is 298 g/mol. The van der Waals surface area contributed by atoms with Gasteiger partial charge in [0.2, 0.25) is 0 Å². The summed E-state index contributed by atoms with van der Waals surface area (Å²) in [7, 11) is 0. The molecule has 3 fully saturated rings. The van der Waals surface area contributed by atoms with E-state index in [1.807, 2.05) is 6.92 Å². The van der Waals surface area contributed by atoms with Crippen LogP contribution in [0.1, 0.15) is 26.2 Å². The monoisotopic (exact) mass is 298 g/mol. The Morgan fingerprint density at radius 1 is 1.00 bits per heavy atom. The third-order valence-corrected chi connectivity index (χ3v) is 4.42. The smallest absolute Gasteiger partial charge is 0.310 e. The quantitative estimate of drug-likeness (QED) is 0.536. The maximum absolute atomic E-state index is 12.3. The molecule has 118 valence electrons. The van der Waals surface area contributed by atoms with Crippen LogP contribution in [0.15, 0.2) is 0 Å². The first-order valence-corrected chi connectivity index (χ1v) is 7.71. The van der Waals surface area contributed by atoms with Gasteiger partial charge in [-0.2, -0.15) is 0 Å². The maximum Gasteiger partial charge on any atom is 0.310 e. The van der Waals surface area contributed by atoms with Crippen molar-refractivity contribution in [3.05, 3.63) is 0 Å². The molecular formula is C15H22O6. The molecule has 6 nitrogen and oxygen atoms in total. The molecule has 0 radical (unpaired) electrons. The van der Waals surface area contributed by atoms with Crippen molar-refractivity contribution in [2.45, 2.75) is 38.4 Å². The van der Waals surface area contributed by atoms with E-state index in [0.717, 1.165) is 12.8 Å². The van der Waals surface area contributed by atoms with E-state index in [9.17, 15) is 9.59 Å². The van der Waals surface area contributed by atoms with Crippen LogP contribution >= 0.6 is 0 Å². The van der Waals surface area contributed by atoms with E-state index in [1.54, 1.807) is 0 Å². The molecule has 2 saturated heterocycles. The molecule has 0 N–H and O–H groups in total. The highest BCUT2D eigenvalue weighted by atomic mass is 16.6. The molecule has 2 aliphatic heterocycles. The van der Waals surface area contributed by atoms with E-state index in [2.05, 4.69) is 0 Å². The molecule has 5 unspecified atom stereocenters. The van der Waals surface area contributed by atoms with E-state index < -0.39 is 5.92 Å². The minimum absolute atomic E-state index is 0.0465. The lowest BCUT2D eigenvalue weighted by Crippen LogP contribution is -2.40. The van der Waals surface area contributed by atoms with Gasteiger partial charge in [0, 0.05) is 0 Å². The molecule has 0 spiro atoms. The first kappa shape index (κ1) is 14.8. The summed E-state index contributed by atoms with van der Waals surface area (Å²) in [6.07, 6.45) is 2.66. The van der Waals surface area contributed by atoms with Crippen LogP contribution in [0, 0.1) is 17.8 Å². The highest BCUT2D eigenvalue weighted by Gasteiger charge is 2.43. The minimum atomic E-state index is -0.398. The normalized spacial score (nSPS) is 37.7. The van der Waals surface area contributed by atoms with Gasteiger partial charge in [0.1, 0.15) is 25.4 Å². The fourth-order valence-corrected chi connectivity index (χ4v) is 2.96. The Labute approximate surface area is 124 Å². The molecule has 0 aromatic rings. The Morgan fingerprint density at radius 2 is 1.57 bits per heavy atom. The fourth-order valence-electron chi connectivity index (χ4n) is 2.96. The van der Waals surface area contributed by atoms with Crippen LogP contribution in [0.2, 0.25) is 0 Å². The van der Waals surface area contributed by atoms with Crippen molar-refractivity contribution in [1.29, 1.82) is 0 Å². The van der Waals surface area contributed by atoms with Crippen molar-refractivity contribution in [2.24, 2.45) is 17.8 Å². The first-order chi connectivity index (χ1) is 10.1. The lowest BCUT2D eigenvalue weighted by Gasteiger charge is -2.33. The topological polar surface area (TPSA) is 77.7 Å². The maximum atomic E-state index is 12.3. The molecule has 0 bridgehead atoms. The summed E-state index contributed by atoms with van der Waals surface area (Å²) in [4.78, 5) is 24.5. The number of carbonyl (C=O) groups excluding carboxylic acids is 2. The lowest BCUT2D eigenvalue weighted by atomic mass is 9.73. The van der Waals surface area contributed by atoms with Gasteiger partial charge in [0.15, 0.2) is 0 Å². The second kappa shape index (κ2) is 6.32. The van der Waals surface area contributed by atoms with Crippen LogP contribution in [0.5, 0.6) is 0 Å². The van der Waals surface area contributed by atoms with Crippen molar-refractivity contribution in [2.75, 3.05) is 26.4 Å². The summed E-state index contributed by atoms with van der Waals surface area (Å²) in [6, 6.07) is 0. The third-order valence-electron chi connectivity index (χ3n) is 4.42. The number of hydrogen-bond donors (Lipinski definition) is 0. The number of ether oxygens (including phenoxy) is 4. The van der Waals surface area contributed by atoms with Crippen molar-refractivity contribution < 1.29 is 28.5 Å². The first-order valence-electron chi connectivity index (χ1n) is 7.71. The molecule has 0 aromatic heterocycles. The Morgan fingerprint density at radius 3 is 2.14 bits per heavy atom. The van der Waals surface area contributed by atoms with Gasteiger partial charge in [0.25, 0.3) is 0 Å². The van der Waals surface area contributed by atoms with Gasteiger partial charge < -0.3 is 18.9 Å². The van der Waals surface area contributed by atoms with Crippen LogP contribution < -0.4 is 0 Å². The van der Waals surface area contributed by atoms with E-state index in [-0.39, 0.29) is 36.0 Å². The second-order valence-electron chi connectivity index (χ2n) is 6.21. The van der Waals surface area contributed by atoms with Crippen LogP contribution in [0.4, 0.5) is 0 Å². The van der Waals surface area contributed by atoms with Crippen LogP contribution in [0.25, 0.3) is 0 Å². The van der Waals surface area contributed by atoms with Crippen molar-refractivity contribution >= 4 is 11.9 Å². The van der Waals surface area contributed by atoms with E-state index >= 15 is 0 Å². The summed E-state index contributed by atoms with van der Waals surface area (Å²) < 4.78 is 20.6. The van der Waals surface area contributed by atoms with Gasteiger partial charge >= 0.3 is 11.9 Å². The van der Waals surface area contributed by atoms with Crippen molar-refractivity contribution in [3.63, 3.8) is 0 Å². The number of rotatable bonds is 6. The number of hydrogen-bond acceptors (Lipinski definition) is 6. The Kier molecular flexibility index (Phi) is 4.45. The predicted molar refractivity (Wildman–Crippen MR) is 71.4 cm³/mol. The van der Waals surface area contributed by atoms with Gasteiger partial charge in [-0.05, 0) is 18.8 Å². The molecule has 5 atom stereocenters. The van der Waals surface area contributed by atoms with Gasteiger partial charge in [0.05, 0.1) is 25.0 Å². The molecule has 1 saturated carbocycles. The zero-order valence-corrected chi connectivity index (χ0v) is 12.3. The SMILES string of the molecule is CC1CCCC(C(=O)OCC2CO2)C1C(=O)OCC1CO1. The molecule has 3 rings (SSSR count). The third kappa shape index (κ3) is 3.95. The fraction of sp³-hybridized carbons (Fsp3) is 0.867. The Hall–Kier alpha value is -1.14. The molecular weight excluding hydrogens is 276 g/mol. The van der Waals surface area contributed by atoms with Crippen LogP contribution in [-0.2, 0) is 28.5 Å². The van der Waals surface area contributed by atoms with Crippen molar-refractivity contribution in [1.82, 2.24) is 0 Å². The number of carbonyl (C=O) groups is 2. The molecule has 0 aromatic carbocycles. The molecule has 2 heterocycles. The van der Waals surface area contributed by atoms with Crippen molar-refractivity contribution in [3.8, 4) is 0 Å². The molecule has 21 heavy (non-hydrogen) atoms. The highest BCUT2D eigenvalue weighted by molar-refractivity contribution is 5.82. The summed E-state index contributed by atoms with van der Waals surface area (Å²) in [5.41, 5.74) is 0. The summed E-state index contributed by atoms with van der Waals surface area (Å²) >= 11 is 0. The Bertz CT molecular complexity index is 401. The van der Waals surface area contributed by atoms with E-state index in [0.29, 0.717) is 32.8 Å². The molecule has 1 aliphatic carbocycles. The van der Waals surface area contributed by atoms with Gasteiger partial charge in [-0.1, -0.05) is 13.3 Å². The van der Waals surface area contributed by atoms with Gasteiger partial charge in [-0.15, -0.1) is 0 Å². The number of epoxide rings is 2. The largest absolute Gasteiger partial charge is 0.463 e. The van der Waals surface area contributed by atoms with E-state index in [4.69, 9.17) is 18.9 Å². The standard InChI is InChI=1S/C15H22O6/c1-9-3-2-4-12(14(16)20-7-10-5-18-10)13(9)15(17)21-8-11-6-19-11/h9-13H,2-8H2,1H3. The highest BCUT2D eigenvalue weighted by Crippen LogP contribution is 2.36. The molecule has 3 aliphatic rings. The van der Waals surface area contributed by atoms with Gasteiger partial charge in [-0.25, -0.2) is 0 Å². The van der Waals surface area contributed by atoms with Crippen LogP contribution in [-0.4, -0.2) is 50.6 Å². The number of esters is 2.